The molecule has 0 bridgehead atoms. The Hall–Kier alpha value is -1.79. The number of nitrogens with one attached hydrogen (secondary N) is 2. The number of hydrogen-bond acceptors (Lipinski definition) is 5. The lowest BCUT2D eigenvalue weighted by atomic mass is 9.97. The lowest BCUT2D eigenvalue weighted by molar-refractivity contribution is 0.231. The van der Waals surface area contributed by atoms with Crippen LogP contribution in [0.3, 0.4) is 0 Å². The molecular weight excluding hydrogens is 270 g/mol. The highest BCUT2D eigenvalue weighted by atomic mass is 16.5. The van der Waals surface area contributed by atoms with E-state index in [-0.39, 0.29) is 18.6 Å². The van der Waals surface area contributed by atoms with Gasteiger partial charge in [-0.15, -0.1) is 0 Å². The van der Waals surface area contributed by atoms with E-state index >= 15 is 0 Å². The molecule has 1 aliphatic carbocycles. The topological polar surface area (TPSA) is 83.3 Å². The van der Waals surface area contributed by atoms with Gasteiger partial charge in [0.25, 0.3) is 5.95 Å². The van der Waals surface area contributed by atoms with Crippen LogP contribution >= 0.6 is 0 Å². The molecule has 1 heterocycles. The van der Waals surface area contributed by atoms with Crippen molar-refractivity contribution in [2.75, 3.05) is 19.0 Å². The van der Waals surface area contributed by atoms with Crippen LogP contribution in [0.25, 0.3) is 0 Å². The van der Waals surface area contributed by atoms with Gasteiger partial charge in [0.05, 0.1) is 6.54 Å². The Balaban J connectivity index is 1.73. The molecule has 0 saturated heterocycles. The zero-order valence-electron chi connectivity index (χ0n) is 12.9. The van der Waals surface area contributed by atoms with Gasteiger partial charge in [-0.05, 0) is 18.0 Å². The SMILES string of the molecule is CN(C)c1noc(CNC(=O)NC2CCCCCCC2)n1. The highest BCUT2D eigenvalue weighted by Gasteiger charge is 2.14. The number of urea groups is 1. The minimum absolute atomic E-state index is 0.162. The molecule has 0 spiro atoms. The second kappa shape index (κ2) is 7.85. The van der Waals surface area contributed by atoms with Crippen LogP contribution in [0.1, 0.15) is 50.8 Å². The first kappa shape index (κ1) is 15.6. The van der Waals surface area contributed by atoms with Crippen molar-refractivity contribution in [3.8, 4) is 0 Å². The molecule has 1 aromatic rings. The fraction of sp³-hybridized carbons (Fsp3) is 0.786. The third-order valence-electron chi connectivity index (χ3n) is 3.70. The van der Waals surface area contributed by atoms with E-state index in [1.165, 1.54) is 32.1 Å². The van der Waals surface area contributed by atoms with Crippen LogP contribution in [-0.4, -0.2) is 36.3 Å². The molecule has 0 radical (unpaired) electrons. The number of hydrogen-bond donors (Lipinski definition) is 2. The number of aromatic nitrogens is 2. The molecule has 1 saturated carbocycles. The minimum Gasteiger partial charge on any atom is -0.344 e. The Kier molecular flexibility index (Phi) is 5.83. The van der Waals surface area contributed by atoms with E-state index in [0.717, 1.165) is 12.8 Å². The molecule has 0 unspecified atom stereocenters. The van der Waals surface area contributed by atoms with E-state index in [1.54, 1.807) is 4.90 Å². The number of amides is 2. The van der Waals surface area contributed by atoms with Gasteiger partial charge in [-0.1, -0.05) is 32.1 Å². The summed E-state index contributed by atoms with van der Waals surface area (Å²) in [4.78, 5) is 17.8. The van der Waals surface area contributed by atoms with Crippen molar-refractivity contribution in [1.82, 2.24) is 20.8 Å². The predicted molar refractivity (Wildman–Crippen MR) is 80.1 cm³/mol. The van der Waals surface area contributed by atoms with Crippen molar-refractivity contribution < 1.29 is 9.32 Å². The summed E-state index contributed by atoms with van der Waals surface area (Å²) in [7, 11) is 3.67. The first-order valence-electron chi connectivity index (χ1n) is 7.69. The highest BCUT2D eigenvalue weighted by Crippen LogP contribution is 2.16. The van der Waals surface area contributed by atoms with Crippen LogP contribution in [0, 0.1) is 0 Å². The third-order valence-corrected chi connectivity index (χ3v) is 3.70. The van der Waals surface area contributed by atoms with Crippen molar-refractivity contribution in [2.24, 2.45) is 0 Å². The standard InChI is InChI=1S/C14H25N5O2/c1-19(2)13-17-12(21-18-13)10-15-14(20)16-11-8-6-4-3-5-7-9-11/h11H,3-10H2,1-2H3,(H2,15,16,20). The van der Waals surface area contributed by atoms with Crippen molar-refractivity contribution in [2.45, 2.75) is 57.5 Å². The van der Waals surface area contributed by atoms with Crippen LogP contribution in [0.4, 0.5) is 10.7 Å². The zero-order valence-corrected chi connectivity index (χ0v) is 12.9. The maximum atomic E-state index is 11.9. The third kappa shape index (κ3) is 5.24. The number of anilines is 1. The van der Waals surface area contributed by atoms with Crippen LogP contribution in [0.2, 0.25) is 0 Å². The summed E-state index contributed by atoms with van der Waals surface area (Å²) in [6.07, 6.45) is 8.40. The van der Waals surface area contributed by atoms with Crippen molar-refractivity contribution in [1.29, 1.82) is 0 Å². The molecule has 1 aromatic heterocycles. The molecule has 1 fully saturated rings. The van der Waals surface area contributed by atoms with Crippen LogP contribution in [0.5, 0.6) is 0 Å². The molecule has 0 aromatic carbocycles. The zero-order chi connectivity index (χ0) is 15.1. The predicted octanol–water partition coefficient (Wildman–Crippen LogP) is 2.05. The van der Waals surface area contributed by atoms with E-state index in [0.29, 0.717) is 11.8 Å². The summed E-state index contributed by atoms with van der Waals surface area (Å²) in [5.41, 5.74) is 0. The summed E-state index contributed by atoms with van der Waals surface area (Å²) in [6.45, 7) is 0.249. The summed E-state index contributed by atoms with van der Waals surface area (Å²) in [5.74, 6) is 0.916. The molecule has 1 aliphatic rings. The van der Waals surface area contributed by atoms with Gasteiger partial charge >= 0.3 is 6.03 Å². The van der Waals surface area contributed by atoms with E-state index in [2.05, 4.69) is 20.8 Å². The molecule has 7 heteroatoms. The molecule has 2 rings (SSSR count). The Morgan fingerprint density at radius 3 is 2.52 bits per heavy atom. The smallest absolute Gasteiger partial charge is 0.315 e. The molecular formula is C14H25N5O2. The average molecular weight is 295 g/mol. The minimum atomic E-state index is -0.162. The maximum Gasteiger partial charge on any atom is 0.315 e. The molecule has 0 atom stereocenters. The second-order valence-electron chi connectivity index (χ2n) is 5.75. The van der Waals surface area contributed by atoms with Gasteiger partial charge in [0.1, 0.15) is 0 Å². The molecule has 0 aliphatic heterocycles. The van der Waals surface area contributed by atoms with Crippen molar-refractivity contribution in [3.05, 3.63) is 5.89 Å². The summed E-state index contributed by atoms with van der Waals surface area (Å²) in [6, 6.07) is 0.121. The molecule has 2 N–H and O–H groups in total. The van der Waals surface area contributed by atoms with E-state index in [4.69, 9.17) is 4.52 Å². The van der Waals surface area contributed by atoms with Crippen LogP contribution < -0.4 is 15.5 Å². The summed E-state index contributed by atoms with van der Waals surface area (Å²) >= 11 is 0. The lowest BCUT2D eigenvalue weighted by Crippen LogP contribution is -2.42. The Morgan fingerprint density at radius 2 is 1.90 bits per heavy atom. The van der Waals surface area contributed by atoms with Crippen LogP contribution in [-0.2, 0) is 6.54 Å². The Morgan fingerprint density at radius 1 is 1.24 bits per heavy atom. The molecule has 118 valence electrons. The average Bonchev–Trinajstić information content (AvgIpc) is 2.88. The number of carbonyl (C=O) groups excluding carboxylic acids is 1. The van der Waals surface area contributed by atoms with Gasteiger partial charge in [-0.25, -0.2) is 4.79 Å². The van der Waals surface area contributed by atoms with Crippen molar-refractivity contribution >= 4 is 12.0 Å². The van der Waals surface area contributed by atoms with E-state index in [1.807, 2.05) is 14.1 Å². The van der Waals surface area contributed by atoms with E-state index in [9.17, 15) is 4.79 Å². The Labute approximate surface area is 125 Å². The first-order valence-corrected chi connectivity index (χ1v) is 7.69. The molecule has 2 amide bonds. The summed E-state index contributed by atoms with van der Waals surface area (Å²) < 4.78 is 5.06. The van der Waals surface area contributed by atoms with E-state index < -0.39 is 0 Å². The largest absolute Gasteiger partial charge is 0.344 e. The monoisotopic (exact) mass is 295 g/mol. The normalized spacial score (nSPS) is 16.9. The fourth-order valence-corrected chi connectivity index (χ4v) is 2.49. The van der Waals surface area contributed by atoms with Gasteiger partial charge in [0.15, 0.2) is 0 Å². The molecule has 7 nitrogen and oxygen atoms in total. The first-order chi connectivity index (χ1) is 10.1. The fourth-order valence-electron chi connectivity index (χ4n) is 2.49. The number of carbonyl (C=O) groups is 1. The van der Waals surface area contributed by atoms with Gasteiger partial charge in [0, 0.05) is 20.1 Å². The van der Waals surface area contributed by atoms with Crippen LogP contribution in [0.15, 0.2) is 4.52 Å². The number of rotatable bonds is 4. The second-order valence-corrected chi connectivity index (χ2v) is 5.75. The van der Waals surface area contributed by atoms with Gasteiger partial charge < -0.3 is 20.1 Å². The van der Waals surface area contributed by atoms with Gasteiger partial charge in [-0.2, -0.15) is 4.98 Å². The molecule has 21 heavy (non-hydrogen) atoms. The van der Waals surface area contributed by atoms with Gasteiger partial charge in [0.2, 0.25) is 5.89 Å². The highest BCUT2D eigenvalue weighted by molar-refractivity contribution is 5.74. The summed E-state index contributed by atoms with van der Waals surface area (Å²) in [5, 5.41) is 9.61. The van der Waals surface area contributed by atoms with Crippen molar-refractivity contribution in [3.63, 3.8) is 0 Å². The maximum absolute atomic E-state index is 11.9. The lowest BCUT2D eigenvalue weighted by Gasteiger charge is -2.20. The van der Waals surface area contributed by atoms with Gasteiger partial charge in [-0.3, -0.25) is 0 Å². The quantitative estimate of drug-likeness (QED) is 0.888. The number of nitrogens with zero attached hydrogens (tertiary/aromatic N) is 3. The Bertz CT molecular complexity index is 438.